The van der Waals surface area contributed by atoms with Crippen molar-refractivity contribution in [1.29, 1.82) is 0 Å². The van der Waals surface area contributed by atoms with Crippen molar-refractivity contribution in [2.24, 2.45) is 0 Å². The molecule has 0 amide bonds. The predicted octanol–water partition coefficient (Wildman–Crippen LogP) is 3.49. The smallest absolute Gasteiger partial charge is 0.264 e. The van der Waals surface area contributed by atoms with Crippen LogP contribution in [0.5, 0.6) is 0 Å². The summed E-state index contributed by atoms with van der Waals surface area (Å²) in [5.41, 5.74) is 2.26. The van der Waals surface area contributed by atoms with E-state index >= 15 is 0 Å². The van der Waals surface area contributed by atoms with Gasteiger partial charge in [0, 0.05) is 4.47 Å². The molecule has 88 valence electrons. The second-order valence-electron chi connectivity index (χ2n) is 3.89. The van der Waals surface area contributed by atoms with Crippen LogP contribution in [0, 0.1) is 0 Å². The van der Waals surface area contributed by atoms with Crippen molar-refractivity contribution in [2.75, 3.05) is 0 Å². The van der Waals surface area contributed by atoms with E-state index in [1.807, 2.05) is 42.5 Å². The van der Waals surface area contributed by atoms with Crippen LogP contribution in [-0.2, 0) is 0 Å². The molecule has 4 heteroatoms. The highest BCUT2D eigenvalue weighted by molar-refractivity contribution is 9.10. The number of carbonyl (C=O) groups excluding carboxylic acids is 1. The maximum absolute atomic E-state index is 12.4. The number of hydrogen-bond acceptors (Lipinski definition) is 2. The molecule has 3 aromatic rings. The average molecular weight is 301 g/mol. The summed E-state index contributed by atoms with van der Waals surface area (Å²) in [6, 6.07) is 14.9. The van der Waals surface area contributed by atoms with Crippen molar-refractivity contribution < 1.29 is 4.79 Å². The van der Waals surface area contributed by atoms with Crippen molar-refractivity contribution in [1.82, 2.24) is 9.55 Å². The number of imidazole rings is 1. The molecule has 1 aromatic heterocycles. The van der Waals surface area contributed by atoms with Gasteiger partial charge in [-0.15, -0.1) is 0 Å². The third kappa shape index (κ3) is 1.75. The van der Waals surface area contributed by atoms with Crippen LogP contribution in [0.3, 0.4) is 0 Å². The number of fused-ring (bicyclic) bond motifs is 1. The molecule has 0 aliphatic rings. The normalized spacial score (nSPS) is 10.7. The third-order valence-electron chi connectivity index (χ3n) is 2.78. The zero-order chi connectivity index (χ0) is 12.5. The molecule has 0 aliphatic carbocycles. The average Bonchev–Trinajstić information content (AvgIpc) is 2.82. The van der Waals surface area contributed by atoms with E-state index in [0.717, 1.165) is 15.5 Å². The molecular formula is C14H9BrN2O. The van der Waals surface area contributed by atoms with E-state index in [0.29, 0.717) is 5.56 Å². The monoisotopic (exact) mass is 300 g/mol. The van der Waals surface area contributed by atoms with E-state index in [-0.39, 0.29) is 5.91 Å². The van der Waals surface area contributed by atoms with Crippen molar-refractivity contribution in [3.05, 3.63) is 64.9 Å². The number of halogens is 1. The summed E-state index contributed by atoms with van der Waals surface area (Å²) in [4.78, 5) is 16.7. The molecule has 0 N–H and O–H groups in total. The molecule has 3 rings (SSSR count). The van der Waals surface area contributed by atoms with E-state index in [2.05, 4.69) is 20.9 Å². The Bertz CT molecular complexity index is 733. The topological polar surface area (TPSA) is 34.9 Å². The van der Waals surface area contributed by atoms with Gasteiger partial charge in [-0.25, -0.2) is 4.98 Å². The quantitative estimate of drug-likeness (QED) is 0.689. The molecule has 0 aliphatic heterocycles. The molecule has 0 bridgehead atoms. The Labute approximate surface area is 112 Å². The van der Waals surface area contributed by atoms with Crippen molar-refractivity contribution in [3.63, 3.8) is 0 Å². The molecule has 3 nitrogen and oxygen atoms in total. The Morgan fingerprint density at radius 2 is 1.78 bits per heavy atom. The van der Waals surface area contributed by atoms with Gasteiger partial charge in [0.05, 0.1) is 16.6 Å². The number of aromatic nitrogens is 2. The lowest BCUT2D eigenvalue weighted by molar-refractivity contribution is 0.0963. The van der Waals surface area contributed by atoms with Gasteiger partial charge in [-0.2, -0.15) is 0 Å². The van der Waals surface area contributed by atoms with Gasteiger partial charge < -0.3 is 0 Å². The van der Waals surface area contributed by atoms with Gasteiger partial charge in [0.25, 0.3) is 5.91 Å². The highest BCUT2D eigenvalue weighted by Crippen LogP contribution is 2.19. The summed E-state index contributed by atoms with van der Waals surface area (Å²) in [7, 11) is 0. The summed E-state index contributed by atoms with van der Waals surface area (Å²) < 4.78 is 2.35. The fraction of sp³-hybridized carbons (Fsp3) is 0. The number of nitrogens with zero attached hydrogens (tertiary/aromatic N) is 2. The van der Waals surface area contributed by atoms with E-state index in [1.54, 1.807) is 17.0 Å². The van der Waals surface area contributed by atoms with Crippen molar-refractivity contribution >= 4 is 32.9 Å². The van der Waals surface area contributed by atoms with Crippen LogP contribution < -0.4 is 0 Å². The van der Waals surface area contributed by atoms with Gasteiger partial charge >= 0.3 is 0 Å². The summed E-state index contributed by atoms with van der Waals surface area (Å²) in [5, 5.41) is 0. The molecule has 0 radical (unpaired) electrons. The maximum atomic E-state index is 12.4. The second-order valence-corrected chi connectivity index (χ2v) is 4.74. The minimum absolute atomic E-state index is 0.0869. The minimum Gasteiger partial charge on any atom is -0.268 e. The largest absolute Gasteiger partial charge is 0.268 e. The van der Waals surface area contributed by atoms with Crippen LogP contribution in [0.1, 0.15) is 10.4 Å². The molecule has 18 heavy (non-hydrogen) atoms. The first-order chi connectivity index (χ1) is 8.77. The van der Waals surface area contributed by atoms with E-state index < -0.39 is 0 Å². The summed E-state index contributed by atoms with van der Waals surface area (Å²) in [5.74, 6) is -0.0869. The lowest BCUT2D eigenvalue weighted by atomic mass is 10.2. The molecule has 0 fully saturated rings. The summed E-state index contributed by atoms with van der Waals surface area (Å²) in [6.07, 6.45) is 1.56. The number of hydrogen-bond donors (Lipinski definition) is 0. The van der Waals surface area contributed by atoms with Crippen LogP contribution in [0.4, 0.5) is 0 Å². The highest BCUT2D eigenvalue weighted by Gasteiger charge is 2.14. The Morgan fingerprint density at radius 1 is 1.06 bits per heavy atom. The van der Waals surface area contributed by atoms with Gasteiger partial charge in [-0.05, 0) is 40.2 Å². The SMILES string of the molecule is O=C(c1ccccc1Br)n1cnc2ccccc21. The van der Waals surface area contributed by atoms with E-state index in [4.69, 9.17) is 0 Å². The molecule has 0 saturated carbocycles. The number of para-hydroxylation sites is 2. The zero-order valence-electron chi connectivity index (χ0n) is 9.38. The van der Waals surface area contributed by atoms with Crippen molar-refractivity contribution in [3.8, 4) is 0 Å². The molecular weight excluding hydrogens is 292 g/mol. The molecule has 1 heterocycles. The molecule has 2 aromatic carbocycles. The molecule has 0 spiro atoms. The van der Waals surface area contributed by atoms with Gasteiger partial charge in [0.15, 0.2) is 0 Å². The van der Waals surface area contributed by atoms with E-state index in [1.165, 1.54) is 0 Å². The highest BCUT2D eigenvalue weighted by atomic mass is 79.9. The van der Waals surface area contributed by atoms with Crippen LogP contribution in [-0.4, -0.2) is 15.5 Å². The Hall–Kier alpha value is -1.94. The van der Waals surface area contributed by atoms with Gasteiger partial charge in [-0.3, -0.25) is 9.36 Å². The molecule has 0 atom stereocenters. The first-order valence-corrected chi connectivity index (χ1v) is 6.28. The first-order valence-electron chi connectivity index (χ1n) is 5.49. The van der Waals surface area contributed by atoms with Gasteiger partial charge in [0.2, 0.25) is 0 Å². The first kappa shape index (κ1) is 11.2. The second kappa shape index (κ2) is 4.38. The zero-order valence-corrected chi connectivity index (χ0v) is 11.0. The number of carbonyl (C=O) groups is 1. The summed E-state index contributed by atoms with van der Waals surface area (Å²) in [6.45, 7) is 0. The predicted molar refractivity (Wildman–Crippen MR) is 73.6 cm³/mol. The van der Waals surface area contributed by atoms with Crippen LogP contribution in [0.2, 0.25) is 0 Å². The minimum atomic E-state index is -0.0869. The summed E-state index contributed by atoms with van der Waals surface area (Å²) >= 11 is 3.39. The van der Waals surface area contributed by atoms with Crippen molar-refractivity contribution in [2.45, 2.75) is 0 Å². The lowest BCUT2D eigenvalue weighted by Crippen LogP contribution is -2.11. The molecule has 0 saturated heterocycles. The molecule has 0 unspecified atom stereocenters. The number of benzene rings is 2. The van der Waals surface area contributed by atoms with Crippen LogP contribution in [0.25, 0.3) is 11.0 Å². The Balaban J connectivity index is 2.16. The van der Waals surface area contributed by atoms with Crippen LogP contribution in [0.15, 0.2) is 59.3 Å². The van der Waals surface area contributed by atoms with Gasteiger partial charge in [0.1, 0.15) is 6.33 Å². The lowest BCUT2D eigenvalue weighted by Gasteiger charge is -2.04. The van der Waals surface area contributed by atoms with Crippen LogP contribution >= 0.6 is 15.9 Å². The van der Waals surface area contributed by atoms with E-state index in [9.17, 15) is 4.79 Å². The Kier molecular flexibility index (Phi) is 2.72. The number of rotatable bonds is 1. The maximum Gasteiger partial charge on any atom is 0.264 e. The van der Waals surface area contributed by atoms with Gasteiger partial charge in [-0.1, -0.05) is 24.3 Å². The fourth-order valence-corrected chi connectivity index (χ4v) is 2.34. The fourth-order valence-electron chi connectivity index (χ4n) is 1.89. The third-order valence-corrected chi connectivity index (χ3v) is 3.47. The Morgan fingerprint density at radius 3 is 2.61 bits per heavy atom. The standard InChI is InChI=1S/C14H9BrN2O/c15-11-6-2-1-5-10(11)14(18)17-9-16-12-7-3-4-8-13(12)17/h1-9H.